The van der Waals surface area contributed by atoms with Gasteiger partial charge in [0.05, 0.1) is 6.10 Å². The quantitative estimate of drug-likeness (QED) is 0.805. The molecule has 2 atom stereocenters. The van der Waals surface area contributed by atoms with Gasteiger partial charge < -0.3 is 10.1 Å². The van der Waals surface area contributed by atoms with E-state index in [1.54, 1.807) is 0 Å². The fourth-order valence-corrected chi connectivity index (χ4v) is 3.73. The molecule has 0 aromatic heterocycles. The van der Waals surface area contributed by atoms with Crippen LogP contribution in [0.15, 0.2) is 0 Å². The normalized spacial score (nSPS) is 30.7. The Hall–Kier alpha value is -0.0800. The Balaban J connectivity index is 1.83. The van der Waals surface area contributed by atoms with Crippen molar-refractivity contribution < 1.29 is 4.74 Å². The molecule has 1 N–H and O–H groups in total. The Morgan fingerprint density at radius 2 is 1.89 bits per heavy atom. The third kappa shape index (κ3) is 2.91. The lowest BCUT2D eigenvalue weighted by Crippen LogP contribution is -2.62. The SMILES string of the molecule is CCNC1CC(OCCC(C)(C)C)C12CCCC2. The van der Waals surface area contributed by atoms with Gasteiger partial charge in [0.2, 0.25) is 0 Å². The van der Waals surface area contributed by atoms with Crippen molar-refractivity contribution in [3.8, 4) is 0 Å². The first kappa shape index (κ1) is 14.3. The highest BCUT2D eigenvalue weighted by Crippen LogP contribution is 2.54. The van der Waals surface area contributed by atoms with Crippen LogP contribution in [-0.4, -0.2) is 25.3 Å². The van der Waals surface area contributed by atoms with Crippen LogP contribution in [0.25, 0.3) is 0 Å². The molecule has 2 aliphatic carbocycles. The van der Waals surface area contributed by atoms with Crippen LogP contribution in [0.1, 0.15) is 66.2 Å². The van der Waals surface area contributed by atoms with Crippen molar-refractivity contribution in [2.45, 2.75) is 78.4 Å². The first-order chi connectivity index (χ1) is 8.48. The zero-order valence-corrected chi connectivity index (χ0v) is 12.7. The highest BCUT2D eigenvalue weighted by molar-refractivity contribution is 5.09. The molecule has 0 radical (unpaired) electrons. The summed E-state index contributed by atoms with van der Waals surface area (Å²) in [4.78, 5) is 0. The van der Waals surface area contributed by atoms with Crippen molar-refractivity contribution in [2.24, 2.45) is 10.8 Å². The average Bonchev–Trinajstić information content (AvgIpc) is 2.77. The van der Waals surface area contributed by atoms with Gasteiger partial charge >= 0.3 is 0 Å². The maximum Gasteiger partial charge on any atom is 0.0661 e. The van der Waals surface area contributed by atoms with Gasteiger partial charge in [-0.2, -0.15) is 0 Å². The van der Waals surface area contributed by atoms with Crippen LogP contribution in [-0.2, 0) is 4.74 Å². The second-order valence-electron chi connectivity index (χ2n) is 7.46. The fraction of sp³-hybridized carbons (Fsp3) is 1.00. The van der Waals surface area contributed by atoms with Crippen LogP contribution in [0.4, 0.5) is 0 Å². The molecule has 0 aliphatic heterocycles. The van der Waals surface area contributed by atoms with Crippen LogP contribution < -0.4 is 5.32 Å². The lowest BCUT2D eigenvalue weighted by atomic mass is 9.60. The Morgan fingerprint density at radius 3 is 2.44 bits per heavy atom. The van der Waals surface area contributed by atoms with Gasteiger partial charge in [0.25, 0.3) is 0 Å². The number of rotatable bonds is 5. The molecule has 0 saturated heterocycles. The number of nitrogens with one attached hydrogen (secondary N) is 1. The van der Waals surface area contributed by atoms with E-state index in [0.717, 1.165) is 19.2 Å². The molecule has 0 amide bonds. The molecule has 106 valence electrons. The summed E-state index contributed by atoms with van der Waals surface area (Å²) in [6.07, 6.45) is 8.51. The molecule has 0 heterocycles. The predicted molar refractivity (Wildman–Crippen MR) is 76.8 cm³/mol. The van der Waals surface area contributed by atoms with Gasteiger partial charge in [0.15, 0.2) is 0 Å². The Morgan fingerprint density at radius 1 is 1.22 bits per heavy atom. The van der Waals surface area contributed by atoms with Gasteiger partial charge in [-0.1, -0.05) is 40.5 Å². The molecule has 2 saturated carbocycles. The van der Waals surface area contributed by atoms with E-state index in [4.69, 9.17) is 4.74 Å². The zero-order chi connectivity index (χ0) is 13.2. The van der Waals surface area contributed by atoms with Crippen LogP contribution in [0, 0.1) is 10.8 Å². The maximum absolute atomic E-state index is 6.23. The summed E-state index contributed by atoms with van der Waals surface area (Å²) in [5, 5.41) is 3.67. The number of ether oxygens (including phenoxy) is 1. The molecule has 2 fully saturated rings. The van der Waals surface area contributed by atoms with E-state index in [1.807, 2.05) is 0 Å². The summed E-state index contributed by atoms with van der Waals surface area (Å²) in [7, 11) is 0. The molecular formula is C16H31NO. The minimum atomic E-state index is 0.396. The molecule has 2 aliphatic rings. The second-order valence-corrected chi connectivity index (χ2v) is 7.46. The molecule has 0 bridgehead atoms. The zero-order valence-electron chi connectivity index (χ0n) is 12.7. The maximum atomic E-state index is 6.23. The lowest BCUT2D eigenvalue weighted by Gasteiger charge is -2.54. The molecule has 2 heteroatoms. The Kier molecular flexibility index (Phi) is 4.38. The van der Waals surface area contributed by atoms with E-state index in [1.165, 1.54) is 38.5 Å². The molecule has 0 aromatic carbocycles. The van der Waals surface area contributed by atoms with E-state index in [-0.39, 0.29) is 0 Å². The summed E-state index contributed by atoms with van der Waals surface area (Å²) in [6.45, 7) is 11.1. The van der Waals surface area contributed by atoms with E-state index in [0.29, 0.717) is 16.9 Å². The highest BCUT2D eigenvalue weighted by atomic mass is 16.5. The lowest BCUT2D eigenvalue weighted by molar-refractivity contribution is -0.136. The number of hydrogen-bond donors (Lipinski definition) is 1. The Labute approximate surface area is 113 Å². The molecule has 2 unspecified atom stereocenters. The van der Waals surface area contributed by atoms with E-state index in [9.17, 15) is 0 Å². The standard InChI is InChI=1S/C16H31NO/c1-5-17-13-12-14(16(13)8-6-7-9-16)18-11-10-15(2,3)4/h13-14,17H,5-12H2,1-4H3. The van der Waals surface area contributed by atoms with Crippen molar-refractivity contribution in [3.63, 3.8) is 0 Å². The fourth-order valence-electron chi connectivity index (χ4n) is 3.73. The molecule has 0 aromatic rings. The summed E-state index contributed by atoms with van der Waals surface area (Å²) in [5.41, 5.74) is 0.890. The van der Waals surface area contributed by atoms with Crippen LogP contribution in [0.3, 0.4) is 0 Å². The molecular weight excluding hydrogens is 222 g/mol. The van der Waals surface area contributed by atoms with E-state index in [2.05, 4.69) is 33.0 Å². The van der Waals surface area contributed by atoms with Gasteiger partial charge in [-0.15, -0.1) is 0 Å². The van der Waals surface area contributed by atoms with Gasteiger partial charge in [-0.25, -0.2) is 0 Å². The predicted octanol–water partition coefficient (Wildman–Crippen LogP) is 3.75. The monoisotopic (exact) mass is 253 g/mol. The van der Waals surface area contributed by atoms with Crippen LogP contribution >= 0.6 is 0 Å². The second kappa shape index (κ2) is 5.50. The van der Waals surface area contributed by atoms with Gasteiger partial charge in [-0.05, 0) is 37.6 Å². The first-order valence-corrected chi connectivity index (χ1v) is 7.83. The minimum Gasteiger partial charge on any atom is -0.377 e. The van der Waals surface area contributed by atoms with E-state index >= 15 is 0 Å². The largest absolute Gasteiger partial charge is 0.377 e. The highest BCUT2D eigenvalue weighted by Gasteiger charge is 2.56. The summed E-state index contributed by atoms with van der Waals surface area (Å²) in [6, 6.07) is 0.727. The molecule has 2 nitrogen and oxygen atoms in total. The summed E-state index contributed by atoms with van der Waals surface area (Å²) < 4.78 is 6.23. The van der Waals surface area contributed by atoms with Crippen molar-refractivity contribution in [2.75, 3.05) is 13.2 Å². The third-order valence-corrected chi connectivity index (χ3v) is 4.94. The van der Waals surface area contributed by atoms with Gasteiger partial charge in [0, 0.05) is 18.1 Å². The molecule has 2 rings (SSSR count). The minimum absolute atomic E-state index is 0.396. The van der Waals surface area contributed by atoms with Crippen molar-refractivity contribution in [3.05, 3.63) is 0 Å². The van der Waals surface area contributed by atoms with Crippen molar-refractivity contribution in [1.29, 1.82) is 0 Å². The van der Waals surface area contributed by atoms with E-state index < -0.39 is 0 Å². The van der Waals surface area contributed by atoms with Gasteiger partial charge in [-0.3, -0.25) is 0 Å². The molecule has 1 spiro atoms. The molecule has 18 heavy (non-hydrogen) atoms. The van der Waals surface area contributed by atoms with Crippen molar-refractivity contribution in [1.82, 2.24) is 5.32 Å². The van der Waals surface area contributed by atoms with Crippen molar-refractivity contribution >= 4 is 0 Å². The first-order valence-electron chi connectivity index (χ1n) is 7.83. The average molecular weight is 253 g/mol. The van der Waals surface area contributed by atoms with Crippen LogP contribution in [0.5, 0.6) is 0 Å². The van der Waals surface area contributed by atoms with Crippen LogP contribution in [0.2, 0.25) is 0 Å². The smallest absolute Gasteiger partial charge is 0.0661 e. The Bertz CT molecular complexity index is 263. The summed E-state index contributed by atoms with van der Waals surface area (Å²) >= 11 is 0. The topological polar surface area (TPSA) is 21.3 Å². The summed E-state index contributed by atoms with van der Waals surface area (Å²) in [5.74, 6) is 0. The number of hydrogen-bond acceptors (Lipinski definition) is 2. The third-order valence-electron chi connectivity index (χ3n) is 4.94. The van der Waals surface area contributed by atoms with Gasteiger partial charge in [0.1, 0.15) is 0 Å².